The van der Waals surface area contributed by atoms with Gasteiger partial charge in [0.25, 0.3) is 0 Å². The van der Waals surface area contributed by atoms with E-state index in [4.69, 9.17) is 14.5 Å². The Hall–Kier alpha value is -2.88. The molecule has 0 bridgehead atoms. The summed E-state index contributed by atoms with van der Waals surface area (Å²) in [5, 5.41) is 13.1. The van der Waals surface area contributed by atoms with Crippen LogP contribution in [-0.2, 0) is 10.5 Å². The van der Waals surface area contributed by atoms with Crippen LogP contribution in [-0.4, -0.2) is 53.2 Å². The Balaban J connectivity index is 1.38. The molecule has 7 nitrogen and oxygen atoms in total. The molecule has 2 aromatic carbocycles. The van der Waals surface area contributed by atoms with Gasteiger partial charge in [-0.05, 0) is 48.9 Å². The lowest BCUT2D eigenvalue weighted by Gasteiger charge is -2.28. The van der Waals surface area contributed by atoms with Crippen LogP contribution in [0.3, 0.4) is 0 Å². The van der Waals surface area contributed by atoms with Gasteiger partial charge in [0.1, 0.15) is 10.8 Å². The molecule has 0 radical (unpaired) electrons. The minimum absolute atomic E-state index is 0.704. The summed E-state index contributed by atoms with van der Waals surface area (Å²) in [7, 11) is 1.67. The van der Waals surface area contributed by atoms with Crippen LogP contribution in [0.2, 0.25) is 0 Å². The number of aromatic nitrogens is 4. The zero-order valence-electron chi connectivity index (χ0n) is 18.6. The highest BCUT2D eigenvalue weighted by Gasteiger charge is 2.22. The van der Waals surface area contributed by atoms with Gasteiger partial charge in [0.05, 0.1) is 31.7 Å². The molecule has 33 heavy (non-hydrogen) atoms. The maximum absolute atomic E-state index is 5.53. The van der Waals surface area contributed by atoms with E-state index in [0.29, 0.717) is 13.2 Å². The number of benzene rings is 2. The Bertz CT molecular complexity index is 1220. The maximum atomic E-state index is 5.53. The van der Waals surface area contributed by atoms with E-state index in [-0.39, 0.29) is 0 Å². The second-order valence-corrected chi connectivity index (χ2v) is 9.52. The lowest BCUT2D eigenvalue weighted by Crippen LogP contribution is -2.37. The van der Waals surface area contributed by atoms with Crippen LogP contribution in [0, 0.1) is 6.92 Å². The quantitative estimate of drug-likeness (QED) is 0.352. The van der Waals surface area contributed by atoms with Crippen molar-refractivity contribution in [2.75, 3.05) is 38.3 Å². The van der Waals surface area contributed by atoms with E-state index < -0.39 is 0 Å². The molecule has 1 fully saturated rings. The minimum atomic E-state index is 0.704. The summed E-state index contributed by atoms with van der Waals surface area (Å²) in [4.78, 5) is 7.08. The highest BCUT2D eigenvalue weighted by molar-refractivity contribution is 7.98. The number of anilines is 1. The first-order valence-electron chi connectivity index (χ1n) is 10.8. The van der Waals surface area contributed by atoms with Crippen LogP contribution in [0.15, 0.2) is 59.1 Å². The number of thioether (sulfide) groups is 1. The molecule has 1 saturated heterocycles. The molecule has 0 atom stereocenters. The number of morpholine rings is 1. The number of thiazole rings is 1. The van der Waals surface area contributed by atoms with Gasteiger partial charge in [-0.2, -0.15) is 0 Å². The highest BCUT2D eigenvalue weighted by atomic mass is 32.2. The molecule has 0 unspecified atom stereocenters. The smallest absolute Gasteiger partial charge is 0.232 e. The molecule has 1 aliphatic rings. The SMILES string of the molecule is COc1ccc(-c2nc(CSc3nnc(N4CCOCC4)n3-c3cccc(C)c3)cs2)cc1. The monoisotopic (exact) mass is 479 g/mol. The molecule has 4 aromatic rings. The largest absolute Gasteiger partial charge is 0.497 e. The van der Waals surface area contributed by atoms with Crippen molar-refractivity contribution in [1.29, 1.82) is 0 Å². The van der Waals surface area contributed by atoms with E-state index in [9.17, 15) is 0 Å². The molecule has 170 valence electrons. The van der Waals surface area contributed by atoms with Crippen LogP contribution < -0.4 is 9.64 Å². The van der Waals surface area contributed by atoms with Crippen molar-refractivity contribution >= 4 is 29.0 Å². The average molecular weight is 480 g/mol. The Labute approximate surface area is 201 Å². The molecular weight excluding hydrogens is 454 g/mol. The third kappa shape index (κ3) is 4.90. The van der Waals surface area contributed by atoms with Gasteiger partial charge in [-0.3, -0.25) is 4.57 Å². The van der Waals surface area contributed by atoms with Crippen LogP contribution in [0.4, 0.5) is 5.95 Å². The van der Waals surface area contributed by atoms with Gasteiger partial charge >= 0.3 is 0 Å². The number of methoxy groups -OCH3 is 1. The van der Waals surface area contributed by atoms with Crippen LogP contribution in [0.1, 0.15) is 11.3 Å². The van der Waals surface area contributed by atoms with Gasteiger partial charge in [0, 0.05) is 29.8 Å². The molecule has 0 aliphatic carbocycles. The van der Waals surface area contributed by atoms with Crippen molar-refractivity contribution in [2.45, 2.75) is 17.8 Å². The molecule has 0 saturated carbocycles. The van der Waals surface area contributed by atoms with E-state index in [2.05, 4.69) is 56.2 Å². The molecule has 1 aliphatic heterocycles. The average Bonchev–Trinajstić information content (AvgIpc) is 3.51. The number of hydrogen-bond acceptors (Lipinski definition) is 8. The Morgan fingerprint density at radius 3 is 2.67 bits per heavy atom. The summed E-state index contributed by atoms with van der Waals surface area (Å²) < 4.78 is 12.9. The van der Waals surface area contributed by atoms with Crippen molar-refractivity contribution in [3.63, 3.8) is 0 Å². The van der Waals surface area contributed by atoms with Gasteiger partial charge in [-0.25, -0.2) is 4.98 Å². The lowest BCUT2D eigenvalue weighted by molar-refractivity contribution is 0.122. The van der Waals surface area contributed by atoms with E-state index in [1.807, 2.05) is 24.3 Å². The highest BCUT2D eigenvalue weighted by Crippen LogP contribution is 2.31. The fourth-order valence-corrected chi connectivity index (χ4v) is 5.47. The Kier molecular flexibility index (Phi) is 6.61. The van der Waals surface area contributed by atoms with Crippen molar-refractivity contribution in [2.24, 2.45) is 0 Å². The summed E-state index contributed by atoms with van der Waals surface area (Å²) in [5.74, 6) is 2.43. The van der Waals surface area contributed by atoms with Crippen molar-refractivity contribution < 1.29 is 9.47 Å². The molecule has 0 amide bonds. The van der Waals surface area contributed by atoms with Crippen LogP contribution >= 0.6 is 23.1 Å². The van der Waals surface area contributed by atoms with E-state index in [1.165, 1.54) is 5.56 Å². The maximum Gasteiger partial charge on any atom is 0.232 e. The van der Waals surface area contributed by atoms with E-state index in [1.54, 1.807) is 30.2 Å². The van der Waals surface area contributed by atoms with Gasteiger partial charge in [-0.15, -0.1) is 21.5 Å². The zero-order chi connectivity index (χ0) is 22.6. The standard InChI is InChI=1S/C24H25N5O2S2/c1-17-4-3-5-20(14-17)29-23(28-10-12-31-13-11-28)26-27-24(29)33-16-19-15-32-22(25-19)18-6-8-21(30-2)9-7-18/h3-9,14-15H,10-13,16H2,1-2H3. The van der Waals surface area contributed by atoms with Gasteiger partial charge in [0.15, 0.2) is 5.16 Å². The van der Waals surface area contributed by atoms with Gasteiger partial charge in [-0.1, -0.05) is 23.9 Å². The zero-order valence-corrected chi connectivity index (χ0v) is 20.2. The molecule has 3 heterocycles. The number of ether oxygens (including phenoxy) is 2. The fraction of sp³-hybridized carbons (Fsp3) is 0.292. The van der Waals surface area contributed by atoms with Crippen molar-refractivity contribution in [1.82, 2.24) is 19.7 Å². The summed E-state index contributed by atoms with van der Waals surface area (Å²) in [5.41, 5.74) is 4.40. The third-order valence-corrected chi connectivity index (χ3v) is 7.31. The Morgan fingerprint density at radius 2 is 1.91 bits per heavy atom. The first kappa shape index (κ1) is 21.9. The van der Waals surface area contributed by atoms with E-state index in [0.717, 1.165) is 57.6 Å². The predicted molar refractivity (Wildman–Crippen MR) is 133 cm³/mol. The second kappa shape index (κ2) is 9.94. The number of nitrogens with zero attached hydrogens (tertiary/aromatic N) is 5. The van der Waals surface area contributed by atoms with Crippen molar-refractivity contribution in [3.05, 3.63) is 65.2 Å². The Morgan fingerprint density at radius 1 is 1.09 bits per heavy atom. The van der Waals surface area contributed by atoms with E-state index >= 15 is 0 Å². The number of aryl methyl sites for hydroxylation is 1. The molecule has 9 heteroatoms. The minimum Gasteiger partial charge on any atom is -0.497 e. The molecule has 0 N–H and O–H groups in total. The summed E-state index contributed by atoms with van der Waals surface area (Å²) in [6.07, 6.45) is 0. The predicted octanol–water partition coefficient (Wildman–Crippen LogP) is 4.84. The lowest BCUT2D eigenvalue weighted by atomic mass is 10.2. The summed E-state index contributed by atoms with van der Waals surface area (Å²) in [6.45, 7) is 5.13. The first-order valence-corrected chi connectivity index (χ1v) is 12.6. The topological polar surface area (TPSA) is 65.3 Å². The summed E-state index contributed by atoms with van der Waals surface area (Å²) >= 11 is 3.31. The fourth-order valence-electron chi connectivity index (χ4n) is 3.69. The molecule has 0 spiro atoms. The van der Waals surface area contributed by atoms with Gasteiger partial charge in [0.2, 0.25) is 5.95 Å². The second-order valence-electron chi connectivity index (χ2n) is 7.72. The molecule has 5 rings (SSSR count). The normalized spacial score (nSPS) is 13.9. The number of rotatable bonds is 7. The van der Waals surface area contributed by atoms with Gasteiger partial charge < -0.3 is 14.4 Å². The van der Waals surface area contributed by atoms with Crippen LogP contribution in [0.5, 0.6) is 5.75 Å². The summed E-state index contributed by atoms with van der Waals surface area (Å²) in [6, 6.07) is 16.5. The first-order chi connectivity index (χ1) is 16.2. The third-order valence-electron chi connectivity index (χ3n) is 5.41. The van der Waals surface area contributed by atoms with Crippen LogP contribution in [0.25, 0.3) is 16.3 Å². The molecular formula is C24H25N5O2S2. The van der Waals surface area contributed by atoms with Crippen molar-refractivity contribution in [3.8, 4) is 22.0 Å². The number of hydrogen-bond donors (Lipinski definition) is 0. The molecule has 2 aromatic heterocycles.